The van der Waals surface area contributed by atoms with Crippen LogP contribution in [0.1, 0.15) is 24.9 Å². The summed E-state index contributed by atoms with van der Waals surface area (Å²) in [5.41, 5.74) is 0.813. The molecule has 2 N–H and O–H groups in total. The second-order valence-electron chi connectivity index (χ2n) is 5.28. The zero-order chi connectivity index (χ0) is 15.6. The molecule has 2 unspecified atom stereocenters. The molecule has 6 nitrogen and oxygen atoms in total. The second kappa shape index (κ2) is 5.85. The van der Waals surface area contributed by atoms with Crippen molar-refractivity contribution in [1.29, 1.82) is 0 Å². The zero-order valence-electron chi connectivity index (χ0n) is 11.9. The van der Waals surface area contributed by atoms with Crippen LogP contribution < -0.4 is 10.6 Å². The molecule has 114 valence electrons. The van der Waals surface area contributed by atoms with E-state index in [-0.39, 0.29) is 35.1 Å². The average molecular weight is 310 g/mol. The summed E-state index contributed by atoms with van der Waals surface area (Å²) in [4.78, 5) is 23.3. The Hall–Kier alpha value is -1.89. The van der Waals surface area contributed by atoms with Gasteiger partial charge in [-0.2, -0.15) is 0 Å². The van der Waals surface area contributed by atoms with E-state index in [0.717, 1.165) is 11.8 Å². The minimum absolute atomic E-state index is 0.111. The lowest BCUT2D eigenvalue weighted by molar-refractivity contribution is -0.127. The molecule has 0 saturated carbocycles. The lowest BCUT2D eigenvalue weighted by atomic mass is 10.1. The molecule has 1 aliphatic heterocycles. The Morgan fingerprint density at radius 3 is 2.43 bits per heavy atom. The van der Waals surface area contributed by atoms with Crippen LogP contribution in [0.25, 0.3) is 0 Å². The SMILES string of the molecule is CC(NC(=O)C1CNC(=O)C1)c1ccc(S(C)(=O)=O)cc1. The summed E-state index contributed by atoms with van der Waals surface area (Å²) < 4.78 is 22.8. The van der Waals surface area contributed by atoms with Crippen molar-refractivity contribution in [3.63, 3.8) is 0 Å². The molecular formula is C14H18N2O4S. The molecule has 1 heterocycles. The normalized spacial score (nSPS) is 19.9. The lowest BCUT2D eigenvalue weighted by Gasteiger charge is -2.17. The van der Waals surface area contributed by atoms with Gasteiger partial charge in [0, 0.05) is 19.2 Å². The molecular weight excluding hydrogens is 292 g/mol. The molecule has 21 heavy (non-hydrogen) atoms. The maximum Gasteiger partial charge on any atom is 0.225 e. The van der Waals surface area contributed by atoms with Crippen LogP contribution in [0.5, 0.6) is 0 Å². The van der Waals surface area contributed by atoms with Crippen molar-refractivity contribution >= 4 is 21.7 Å². The Kier molecular flexibility index (Phi) is 4.32. The third kappa shape index (κ3) is 3.81. The van der Waals surface area contributed by atoms with Gasteiger partial charge in [0.05, 0.1) is 16.9 Å². The standard InChI is InChI=1S/C14H18N2O4S/c1-9(16-14(18)11-7-13(17)15-8-11)10-3-5-12(6-4-10)21(2,19)20/h3-6,9,11H,7-8H2,1-2H3,(H,15,17)(H,16,18). The van der Waals surface area contributed by atoms with Gasteiger partial charge in [-0.15, -0.1) is 0 Å². The van der Waals surface area contributed by atoms with Gasteiger partial charge in [-0.05, 0) is 24.6 Å². The van der Waals surface area contributed by atoms with Crippen molar-refractivity contribution in [3.8, 4) is 0 Å². The van der Waals surface area contributed by atoms with E-state index in [1.165, 1.54) is 12.1 Å². The molecule has 0 aromatic heterocycles. The fourth-order valence-electron chi connectivity index (χ4n) is 2.21. The van der Waals surface area contributed by atoms with Crippen molar-refractivity contribution < 1.29 is 18.0 Å². The lowest BCUT2D eigenvalue weighted by Crippen LogP contribution is -2.33. The number of carbonyl (C=O) groups excluding carboxylic acids is 2. The van der Waals surface area contributed by atoms with Gasteiger partial charge in [0.25, 0.3) is 0 Å². The van der Waals surface area contributed by atoms with Crippen molar-refractivity contribution in [1.82, 2.24) is 10.6 Å². The van der Waals surface area contributed by atoms with E-state index in [1.807, 2.05) is 6.92 Å². The number of hydrogen-bond acceptors (Lipinski definition) is 4. The van der Waals surface area contributed by atoms with Crippen LogP contribution in [0, 0.1) is 5.92 Å². The molecule has 1 saturated heterocycles. The first-order valence-corrected chi connectivity index (χ1v) is 8.53. The fourth-order valence-corrected chi connectivity index (χ4v) is 2.84. The summed E-state index contributed by atoms with van der Waals surface area (Å²) in [6, 6.07) is 6.16. The van der Waals surface area contributed by atoms with Gasteiger partial charge in [-0.3, -0.25) is 9.59 Å². The van der Waals surface area contributed by atoms with E-state index in [1.54, 1.807) is 12.1 Å². The number of rotatable bonds is 4. The van der Waals surface area contributed by atoms with Crippen LogP contribution in [0.15, 0.2) is 29.2 Å². The smallest absolute Gasteiger partial charge is 0.225 e. The summed E-state index contributed by atoms with van der Waals surface area (Å²) in [5.74, 6) is -0.622. The highest BCUT2D eigenvalue weighted by molar-refractivity contribution is 7.90. The predicted molar refractivity (Wildman–Crippen MR) is 77.2 cm³/mol. The number of amides is 2. The van der Waals surface area contributed by atoms with Crippen LogP contribution in [0.2, 0.25) is 0 Å². The van der Waals surface area contributed by atoms with Gasteiger partial charge in [0.15, 0.2) is 9.84 Å². The number of nitrogens with one attached hydrogen (secondary N) is 2. The zero-order valence-corrected chi connectivity index (χ0v) is 12.7. The minimum atomic E-state index is -3.22. The molecule has 1 fully saturated rings. The first-order chi connectivity index (χ1) is 9.77. The third-order valence-corrected chi connectivity index (χ3v) is 4.64. The van der Waals surface area contributed by atoms with Gasteiger partial charge < -0.3 is 10.6 Å². The first-order valence-electron chi connectivity index (χ1n) is 6.64. The van der Waals surface area contributed by atoms with Gasteiger partial charge in [0.2, 0.25) is 11.8 Å². The number of hydrogen-bond donors (Lipinski definition) is 2. The molecule has 7 heteroatoms. The molecule has 0 aliphatic carbocycles. The summed E-state index contributed by atoms with van der Waals surface area (Å²) in [7, 11) is -3.22. The Balaban J connectivity index is 2.01. The van der Waals surface area contributed by atoms with Crippen molar-refractivity contribution in [3.05, 3.63) is 29.8 Å². The Bertz CT molecular complexity index is 652. The molecule has 2 rings (SSSR count). The van der Waals surface area contributed by atoms with Gasteiger partial charge in [0.1, 0.15) is 0 Å². The molecule has 1 aromatic rings. The number of sulfone groups is 1. The van der Waals surface area contributed by atoms with E-state index in [2.05, 4.69) is 10.6 Å². The second-order valence-corrected chi connectivity index (χ2v) is 7.29. The number of benzene rings is 1. The van der Waals surface area contributed by atoms with E-state index < -0.39 is 9.84 Å². The molecule has 0 radical (unpaired) electrons. The van der Waals surface area contributed by atoms with Crippen LogP contribution in [-0.4, -0.2) is 33.0 Å². The Morgan fingerprint density at radius 2 is 1.95 bits per heavy atom. The van der Waals surface area contributed by atoms with Crippen molar-refractivity contribution in [2.75, 3.05) is 12.8 Å². The van der Waals surface area contributed by atoms with E-state index >= 15 is 0 Å². The quantitative estimate of drug-likeness (QED) is 0.842. The van der Waals surface area contributed by atoms with E-state index in [0.29, 0.717) is 6.54 Å². The van der Waals surface area contributed by atoms with Crippen LogP contribution in [0.3, 0.4) is 0 Å². The predicted octanol–water partition coefficient (Wildman–Crippen LogP) is 0.403. The Morgan fingerprint density at radius 1 is 1.33 bits per heavy atom. The van der Waals surface area contributed by atoms with Crippen molar-refractivity contribution in [2.24, 2.45) is 5.92 Å². The van der Waals surface area contributed by atoms with E-state index in [9.17, 15) is 18.0 Å². The summed E-state index contributed by atoms with van der Waals surface area (Å²) >= 11 is 0. The molecule has 1 aromatic carbocycles. The average Bonchev–Trinajstić information content (AvgIpc) is 2.84. The largest absolute Gasteiger partial charge is 0.355 e. The van der Waals surface area contributed by atoms with E-state index in [4.69, 9.17) is 0 Å². The highest BCUT2D eigenvalue weighted by Crippen LogP contribution is 2.18. The number of carbonyl (C=O) groups is 2. The molecule has 0 bridgehead atoms. The maximum atomic E-state index is 12.0. The van der Waals surface area contributed by atoms with Crippen LogP contribution >= 0.6 is 0 Å². The first kappa shape index (κ1) is 15.5. The van der Waals surface area contributed by atoms with Crippen LogP contribution in [0.4, 0.5) is 0 Å². The van der Waals surface area contributed by atoms with Crippen molar-refractivity contribution in [2.45, 2.75) is 24.3 Å². The molecule has 2 atom stereocenters. The monoisotopic (exact) mass is 310 g/mol. The van der Waals surface area contributed by atoms with Crippen LogP contribution in [-0.2, 0) is 19.4 Å². The minimum Gasteiger partial charge on any atom is -0.355 e. The summed E-state index contributed by atoms with van der Waals surface area (Å²) in [5, 5.41) is 5.46. The molecule has 0 spiro atoms. The van der Waals surface area contributed by atoms with Gasteiger partial charge >= 0.3 is 0 Å². The molecule has 2 amide bonds. The Labute approximate surface area is 123 Å². The highest BCUT2D eigenvalue weighted by atomic mass is 32.2. The fraction of sp³-hybridized carbons (Fsp3) is 0.429. The third-order valence-electron chi connectivity index (χ3n) is 3.52. The van der Waals surface area contributed by atoms with Gasteiger partial charge in [-0.25, -0.2) is 8.42 Å². The highest BCUT2D eigenvalue weighted by Gasteiger charge is 2.28. The summed E-state index contributed by atoms with van der Waals surface area (Å²) in [6.45, 7) is 2.18. The maximum absolute atomic E-state index is 12.0. The van der Waals surface area contributed by atoms with Gasteiger partial charge in [-0.1, -0.05) is 12.1 Å². The summed E-state index contributed by atoms with van der Waals surface area (Å²) in [6.07, 6.45) is 1.36. The topological polar surface area (TPSA) is 92.3 Å². The molecule has 1 aliphatic rings.